The van der Waals surface area contributed by atoms with E-state index in [1.165, 1.54) is 0 Å². The third-order valence-corrected chi connectivity index (χ3v) is 7.30. The van der Waals surface area contributed by atoms with Gasteiger partial charge in [0.15, 0.2) is 0 Å². The monoisotopic (exact) mass is 238 g/mol. The lowest BCUT2D eigenvalue weighted by atomic mass is 10.1. The van der Waals surface area contributed by atoms with Crippen molar-refractivity contribution >= 4 is 24.0 Å². The van der Waals surface area contributed by atoms with Gasteiger partial charge in [0.2, 0.25) is 0 Å². The molecule has 1 atom stereocenters. The van der Waals surface area contributed by atoms with Crippen molar-refractivity contribution in [2.75, 3.05) is 0 Å². The highest BCUT2D eigenvalue weighted by Gasteiger charge is 2.35. The van der Waals surface area contributed by atoms with E-state index in [2.05, 4.69) is 49.4 Å². The molecule has 68 valence electrons. The van der Waals surface area contributed by atoms with Crippen LogP contribution >= 0.6 is 15.9 Å². The molecule has 0 spiro atoms. The molecule has 0 aromatic carbocycles. The van der Waals surface area contributed by atoms with Crippen molar-refractivity contribution in [2.45, 2.75) is 50.0 Å². The van der Waals surface area contributed by atoms with Gasteiger partial charge in [-0.25, -0.2) is 0 Å². The number of hydrogen-bond acceptors (Lipinski definition) is 1. The van der Waals surface area contributed by atoms with Crippen molar-refractivity contribution in [3.05, 3.63) is 0 Å². The van der Waals surface area contributed by atoms with E-state index in [9.17, 15) is 5.11 Å². The molecule has 3 heteroatoms. The van der Waals surface area contributed by atoms with Crippen LogP contribution in [0.5, 0.6) is 0 Å². The maximum atomic E-state index is 9.19. The number of rotatable bonds is 3. The summed E-state index contributed by atoms with van der Waals surface area (Å²) in [6.07, 6.45) is 0.850. The third kappa shape index (κ3) is 3.72. The highest BCUT2D eigenvalue weighted by molar-refractivity contribution is 9.09. The normalized spacial score (nSPS) is 16.6. The topological polar surface area (TPSA) is 20.2 Å². The summed E-state index contributed by atoms with van der Waals surface area (Å²) in [6, 6.07) is 0. The molecule has 1 nitrogen and oxygen atoms in total. The van der Waals surface area contributed by atoms with Crippen LogP contribution in [-0.4, -0.2) is 18.2 Å². The summed E-state index contributed by atoms with van der Waals surface area (Å²) < 4.78 is 0. The summed E-state index contributed by atoms with van der Waals surface area (Å²) in [5.74, 6) is 0. The fraction of sp³-hybridized carbons (Fsp3) is 1.00. The van der Waals surface area contributed by atoms with Crippen LogP contribution in [0, 0.1) is 0 Å². The standard InChI is InChI=1S/C8H19BrOSi/c1-8(2,6-7(9)10)11(3,4)5/h7,10H,6H2,1-5H3. The molecule has 0 aromatic heterocycles. The lowest BCUT2D eigenvalue weighted by Gasteiger charge is -2.37. The zero-order valence-electron chi connectivity index (χ0n) is 8.11. The first-order chi connectivity index (χ1) is 4.67. The van der Waals surface area contributed by atoms with Gasteiger partial charge >= 0.3 is 0 Å². The number of halogens is 1. The van der Waals surface area contributed by atoms with E-state index in [4.69, 9.17) is 0 Å². The highest BCUT2D eigenvalue weighted by atomic mass is 79.9. The molecule has 1 N–H and O–H groups in total. The van der Waals surface area contributed by atoms with Crippen molar-refractivity contribution in [1.29, 1.82) is 0 Å². The van der Waals surface area contributed by atoms with Gasteiger partial charge in [0.25, 0.3) is 0 Å². The fourth-order valence-electron chi connectivity index (χ4n) is 0.727. The third-order valence-electron chi connectivity index (χ3n) is 2.71. The molecule has 11 heavy (non-hydrogen) atoms. The lowest BCUT2D eigenvalue weighted by Crippen LogP contribution is -2.36. The van der Waals surface area contributed by atoms with Gasteiger partial charge in [-0.15, -0.1) is 0 Å². The Hall–Kier alpha value is 0.657. The van der Waals surface area contributed by atoms with E-state index in [0.29, 0.717) is 5.04 Å². The van der Waals surface area contributed by atoms with Crippen LogP contribution in [0.2, 0.25) is 24.7 Å². The molecule has 0 fully saturated rings. The number of hydrogen-bond donors (Lipinski definition) is 1. The Kier molecular flexibility index (Phi) is 3.80. The van der Waals surface area contributed by atoms with Crippen LogP contribution in [0.15, 0.2) is 0 Å². The average Bonchev–Trinajstić information content (AvgIpc) is 1.56. The van der Waals surface area contributed by atoms with Gasteiger partial charge in [0.05, 0.1) is 8.07 Å². The molecule has 0 radical (unpaired) electrons. The van der Waals surface area contributed by atoms with Crippen molar-refractivity contribution in [3.63, 3.8) is 0 Å². The predicted molar refractivity (Wildman–Crippen MR) is 56.9 cm³/mol. The van der Waals surface area contributed by atoms with E-state index < -0.39 is 8.07 Å². The van der Waals surface area contributed by atoms with Crippen LogP contribution in [0.4, 0.5) is 0 Å². The minimum Gasteiger partial charge on any atom is -0.382 e. The summed E-state index contributed by atoms with van der Waals surface area (Å²) in [7, 11) is -1.14. The average molecular weight is 239 g/mol. The first-order valence-corrected chi connectivity index (χ1v) is 8.40. The molecule has 0 aliphatic carbocycles. The largest absolute Gasteiger partial charge is 0.382 e. The first kappa shape index (κ1) is 11.7. The summed E-state index contributed by atoms with van der Waals surface area (Å²) >= 11 is 3.18. The molecule has 0 bridgehead atoms. The van der Waals surface area contributed by atoms with Crippen molar-refractivity contribution < 1.29 is 5.11 Å². The van der Waals surface area contributed by atoms with E-state index in [0.717, 1.165) is 6.42 Å². The van der Waals surface area contributed by atoms with E-state index in [1.54, 1.807) is 0 Å². The maximum Gasteiger partial charge on any atom is 0.109 e. The maximum absolute atomic E-state index is 9.19. The lowest BCUT2D eigenvalue weighted by molar-refractivity contribution is 0.241. The molecule has 0 aromatic rings. The van der Waals surface area contributed by atoms with Crippen LogP contribution < -0.4 is 0 Å². The Morgan fingerprint density at radius 2 is 1.73 bits per heavy atom. The zero-order valence-corrected chi connectivity index (χ0v) is 10.7. The SMILES string of the molecule is CC(C)(CC(O)Br)[Si](C)(C)C. The van der Waals surface area contributed by atoms with Crippen LogP contribution in [0.3, 0.4) is 0 Å². The smallest absolute Gasteiger partial charge is 0.109 e. The Balaban J connectivity index is 4.22. The Morgan fingerprint density at radius 1 is 1.36 bits per heavy atom. The second kappa shape index (κ2) is 3.58. The van der Waals surface area contributed by atoms with Crippen molar-refractivity contribution in [3.8, 4) is 0 Å². The van der Waals surface area contributed by atoms with Gasteiger partial charge in [0, 0.05) is 0 Å². The molecule has 1 unspecified atom stereocenters. The van der Waals surface area contributed by atoms with Crippen LogP contribution in [0.1, 0.15) is 20.3 Å². The van der Waals surface area contributed by atoms with Gasteiger partial charge in [-0.1, -0.05) is 49.4 Å². The quantitative estimate of drug-likeness (QED) is 0.592. The van der Waals surface area contributed by atoms with Crippen LogP contribution in [0.25, 0.3) is 0 Å². The molecule has 0 saturated carbocycles. The van der Waals surface area contributed by atoms with Gasteiger partial charge in [-0.2, -0.15) is 0 Å². The van der Waals surface area contributed by atoms with Crippen LogP contribution in [-0.2, 0) is 0 Å². The van der Waals surface area contributed by atoms with Gasteiger partial charge in [-0.05, 0) is 11.5 Å². The molecular formula is C8H19BrOSi. The molecule has 0 rings (SSSR count). The minimum atomic E-state index is -1.14. The Labute approximate surface area is 79.3 Å². The van der Waals surface area contributed by atoms with E-state index in [-0.39, 0.29) is 5.01 Å². The Bertz CT molecular complexity index is 127. The molecule has 0 saturated heterocycles. The number of alkyl halides is 1. The van der Waals surface area contributed by atoms with E-state index >= 15 is 0 Å². The number of aliphatic hydroxyl groups excluding tert-OH is 1. The molecular weight excluding hydrogens is 220 g/mol. The van der Waals surface area contributed by atoms with Gasteiger partial charge < -0.3 is 5.11 Å². The first-order valence-electron chi connectivity index (χ1n) is 3.99. The summed E-state index contributed by atoms with van der Waals surface area (Å²) in [5, 5.41) is 9.15. The van der Waals surface area contributed by atoms with Gasteiger partial charge in [0.1, 0.15) is 5.01 Å². The fourth-order valence-corrected chi connectivity index (χ4v) is 2.64. The second-order valence-corrected chi connectivity index (χ2v) is 11.7. The molecule has 0 heterocycles. The van der Waals surface area contributed by atoms with Gasteiger partial charge in [-0.3, -0.25) is 0 Å². The Morgan fingerprint density at radius 3 is 1.82 bits per heavy atom. The zero-order chi connectivity index (χ0) is 9.28. The van der Waals surface area contributed by atoms with Crippen molar-refractivity contribution in [1.82, 2.24) is 0 Å². The molecule has 0 amide bonds. The summed E-state index contributed by atoms with van der Waals surface area (Å²) in [5.41, 5.74) is 0. The summed E-state index contributed by atoms with van der Waals surface area (Å²) in [6.45, 7) is 11.5. The second-order valence-electron chi connectivity index (χ2n) is 4.77. The van der Waals surface area contributed by atoms with Crippen molar-refractivity contribution in [2.24, 2.45) is 0 Å². The molecule has 0 aliphatic heterocycles. The summed E-state index contributed by atoms with van der Waals surface area (Å²) in [4.78, 5) is 0. The number of aliphatic hydroxyl groups is 1. The van der Waals surface area contributed by atoms with E-state index in [1.807, 2.05) is 0 Å². The minimum absolute atomic E-state index is 0.302. The molecule has 0 aliphatic rings. The predicted octanol–water partition coefficient (Wildman–Crippen LogP) is 3.21. The highest BCUT2D eigenvalue weighted by Crippen LogP contribution is 2.41.